The van der Waals surface area contributed by atoms with Crippen LogP contribution in [-0.4, -0.2) is 158 Å². The van der Waals surface area contributed by atoms with E-state index in [1.165, 1.54) is 16.7 Å². The van der Waals surface area contributed by atoms with Crippen LogP contribution < -0.4 is 37.6 Å². The number of carbonyl (C=O) groups is 10. The molecule has 0 spiro atoms. The maximum atomic E-state index is 14.0. The fourth-order valence-electron chi connectivity index (χ4n) is 7.99. The third kappa shape index (κ3) is 16.8. The Labute approximate surface area is 387 Å². The fraction of sp³-hybridized carbons (Fsp3) is 0.773. The minimum atomic E-state index is -1.50. The minimum absolute atomic E-state index is 0.0839. The molecule has 11 N–H and O–H groups in total. The van der Waals surface area contributed by atoms with Crippen molar-refractivity contribution < 1.29 is 63.3 Å². The topological polar surface area (TPSA) is 336 Å². The lowest BCUT2D eigenvalue weighted by Gasteiger charge is -2.31. The Morgan fingerprint density at radius 2 is 1.03 bits per heavy atom. The van der Waals surface area contributed by atoms with Crippen LogP contribution in [0.2, 0.25) is 0 Å². The smallest absolute Gasteiger partial charge is 0.326 e. The molecule has 0 radical (unpaired) electrons. The molecule has 0 unspecified atom stereocenters. The van der Waals surface area contributed by atoms with Gasteiger partial charge in [-0.1, -0.05) is 61.8 Å². The summed E-state index contributed by atoms with van der Waals surface area (Å²) in [6.07, 6.45) is 1.13. The number of rotatable bonds is 26. The van der Waals surface area contributed by atoms with E-state index in [9.17, 15) is 63.3 Å². The van der Waals surface area contributed by atoms with Gasteiger partial charge in [-0.25, -0.2) is 4.79 Å². The molecule has 10 atom stereocenters. The number of carboxylic acid groups (broad SMARTS) is 2. The predicted octanol–water partition coefficient (Wildman–Crippen LogP) is -1.04. The van der Waals surface area contributed by atoms with E-state index in [1.807, 2.05) is 0 Å². The van der Waals surface area contributed by atoms with Gasteiger partial charge in [0.2, 0.25) is 47.3 Å². The molecule has 2 aliphatic rings. The summed E-state index contributed by atoms with van der Waals surface area (Å²) in [4.78, 5) is 135. The highest BCUT2D eigenvalue weighted by molar-refractivity contribution is 5.98. The Balaban J connectivity index is 2.27. The third-order valence-electron chi connectivity index (χ3n) is 11.8. The average Bonchev–Trinajstić information content (AvgIpc) is 3.94. The van der Waals surface area contributed by atoms with Crippen molar-refractivity contribution in [3.05, 3.63) is 0 Å². The van der Waals surface area contributed by atoms with Gasteiger partial charge in [0.25, 0.3) is 0 Å². The summed E-state index contributed by atoms with van der Waals surface area (Å²) in [5.41, 5.74) is 5.76. The number of carbonyl (C=O) groups excluding carboxylic acids is 8. The van der Waals surface area contributed by atoms with Crippen LogP contribution >= 0.6 is 0 Å². The number of likely N-dealkylation sites (tertiary alicyclic amines) is 2. The Bertz CT molecular complexity index is 1740. The largest absolute Gasteiger partial charge is 0.481 e. The second-order valence-corrected chi connectivity index (χ2v) is 18.7. The molecule has 2 saturated heterocycles. The zero-order valence-corrected chi connectivity index (χ0v) is 39.9. The number of amides is 8. The summed E-state index contributed by atoms with van der Waals surface area (Å²) in [5.74, 6) is -9.71. The second kappa shape index (κ2) is 26.7. The zero-order valence-electron chi connectivity index (χ0n) is 39.9. The van der Waals surface area contributed by atoms with E-state index in [-0.39, 0.29) is 37.6 Å². The number of nitrogens with zero attached hydrogens (tertiary/aromatic N) is 2. The number of nitrogens with two attached hydrogens (primary N) is 1. The summed E-state index contributed by atoms with van der Waals surface area (Å²) < 4.78 is 0. The van der Waals surface area contributed by atoms with Crippen molar-refractivity contribution in [3.63, 3.8) is 0 Å². The minimum Gasteiger partial charge on any atom is -0.481 e. The van der Waals surface area contributed by atoms with Gasteiger partial charge < -0.3 is 62.8 Å². The standard InChI is InChI=1S/C44H75N9O13/c1-10-25(8)35(44(65)66)51-38(59)28(19-22(2)3)47-36(57)27(15-16-33(55)56)46-41(62)34(24(6)7)50-37(58)29(20-23(4)5)48-39(60)32-14-12-18-53(32)43(64)30(21-54)49-40(61)31-13-11-17-52(31)42(63)26(9)45/h22-32,34-35,54H,10-21,45H2,1-9H3,(H,46,62)(H,47,57)(H,48,60)(H,49,61)(H,50,58)(H,51,59)(H,55,56)(H,65,66)/t25-,26-,27-,28-,29-,30-,31-,32-,34-,35-/m0/s1. The van der Waals surface area contributed by atoms with Crippen molar-refractivity contribution in [1.82, 2.24) is 41.7 Å². The molecule has 2 rings (SSSR count). The molecule has 8 amide bonds. The number of aliphatic carboxylic acids is 2. The Kier molecular flexibility index (Phi) is 22.9. The SMILES string of the molecule is CC[C@H](C)[C@H](NC(=O)[C@H](CC(C)C)NC(=O)[C@H](CCC(=O)O)NC(=O)[C@@H](NC(=O)[C@H](CC(C)C)NC(=O)[C@@H]1CCCN1C(=O)[C@H](CO)NC(=O)[C@@H]1CCCN1C(=O)[C@H](C)N)C(C)C)C(=O)O. The molecule has 66 heavy (non-hydrogen) atoms. The van der Waals surface area contributed by atoms with Crippen molar-refractivity contribution in [2.24, 2.45) is 29.4 Å². The summed E-state index contributed by atoms with van der Waals surface area (Å²) in [6.45, 7) is 14.9. The first kappa shape index (κ1) is 56.7. The van der Waals surface area contributed by atoms with Gasteiger partial charge in [0.15, 0.2) is 0 Å². The van der Waals surface area contributed by atoms with E-state index in [0.717, 1.165) is 0 Å². The Morgan fingerprint density at radius 3 is 1.45 bits per heavy atom. The molecule has 0 aromatic rings. The summed E-state index contributed by atoms with van der Waals surface area (Å²) in [7, 11) is 0. The summed E-state index contributed by atoms with van der Waals surface area (Å²) >= 11 is 0. The fourth-order valence-corrected chi connectivity index (χ4v) is 7.99. The van der Waals surface area contributed by atoms with Crippen LogP contribution in [0.4, 0.5) is 0 Å². The Hall–Kier alpha value is -5.38. The quantitative estimate of drug-likeness (QED) is 0.0496. The molecule has 2 heterocycles. The van der Waals surface area contributed by atoms with Crippen LogP contribution in [0.1, 0.15) is 120 Å². The van der Waals surface area contributed by atoms with Gasteiger partial charge in [0.1, 0.15) is 48.3 Å². The summed E-state index contributed by atoms with van der Waals surface area (Å²) in [5, 5.41) is 44.9. The molecule has 2 fully saturated rings. The number of aliphatic hydroxyl groups is 1. The highest BCUT2D eigenvalue weighted by Crippen LogP contribution is 2.22. The van der Waals surface area contributed by atoms with E-state index in [0.29, 0.717) is 32.2 Å². The number of aliphatic hydroxyl groups excluding tert-OH is 1. The number of hydrogen-bond acceptors (Lipinski definition) is 12. The Morgan fingerprint density at radius 1 is 0.591 bits per heavy atom. The molecule has 0 saturated carbocycles. The molecule has 0 aromatic carbocycles. The van der Waals surface area contributed by atoms with E-state index >= 15 is 0 Å². The van der Waals surface area contributed by atoms with Crippen molar-refractivity contribution in [1.29, 1.82) is 0 Å². The molecule has 374 valence electrons. The van der Waals surface area contributed by atoms with Crippen LogP contribution in [-0.2, 0) is 47.9 Å². The van der Waals surface area contributed by atoms with E-state index in [1.54, 1.807) is 55.4 Å². The molecule has 2 aliphatic heterocycles. The van der Waals surface area contributed by atoms with Gasteiger partial charge in [-0.15, -0.1) is 0 Å². The highest BCUT2D eigenvalue weighted by Gasteiger charge is 2.42. The van der Waals surface area contributed by atoms with Crippen molar-refractivity contribution in [2.45, 2.75) is 174 Å². The van der Waals surface area contributed by atoms with Gasteiger partial charge in [-0.2, -0.15) is 0 Å². The molecular formula is C44H75N9O13. The van der Waals surface area contributed by atoms with Crippen LogP contribution in [0.15, 0.2) is 0 Å². The number of hydrogen-bond donors (Lipinski definition) is 10. The van der Waals surface area contributed by atoms with Gasteiger partial charge in [0, 0.05) is 19.5 Å². The van der Waals surface area contributed by atoms with Gasteiger partial charge in [0.05, 0.1) is 12.6 Å². The van der Waals surface area contributed by atoms with Crippen LogP contribution in [0.5, 0.6) is 0 Å². The van der Waals surface area contributed by atoms with Crippen LogP contribution in [0.3, 0.4) is 0 Å². The maximum absolute atomic E-state index is 14.0. The molecule has 0 aromatic heterocycles. The third-order valence-corrected chi connectivity index (χ3v) is 11.8. The van der Waals surface area contributed by atoms with Crippen LogP contribution in [0, 0.1) is 23.7 Å². The van der Waals surface area contributed by atoms with Gasteiger partial charge >= 0.3 is 11.9 Å². The highest BCUT2D eigenvalue weighted by atomic mass is 16.4. The number of nitrogens with one attached hydrogen (secondary N) is 6. The van der Waals surface area contributed by atoms with Gasteiger partial charge in [-0.05, 0) is 75.5 Å². The van der Waals surface area contributed by atoms with E-state index in [2.05, 4.69) is 31.9 Å². The molecular weight excluding hydrogens is 863 g/mol. The second-order valence-electron chi connectivity index (χ2n) is 18.7. The lowest BCUT2D eigenvalue weighted by Crippen LogP contribution is -2.61. The lowest BCUT2D eigenvalue weighted by atomic mass is 9.97. The lowest BCUT2D eigenvalue weighted by molar-refractivity contribution is -0.144. The molecule has 22 heteroatoms. The molecule has 0 aliphatic carbocycles. The van der Waals surface area contributed by atoms with E-state index < -0.39 is 145 Å². The van der Waals surface area contributed by atoms with Crippen molar-refractivity contribution in [2.75, 3.05) is 19.7 Å². The zero-order chi connectivity index (χ0) is 50.2. The van der Waals surface area contributed by atoms with Crippen molar-refractivity contribution in [3.8, 4) is 0 Å². The number of carboxylic acids is 2. The normalized spacial score (nSPS) is 19.7. The molecule has 0 bridgehead atoms. The summed E-state index contributed by atoms with van der Waals surface area (Å²) in [6, 6.07) is -10.8. The first-order valence-corrected chi connectivity index (χ1v) is 23.1. The van der Waals surface area contributed by atoms with Crippen LogP contribution in [0.25, 0.3) is 0 Å². The monoisotopic (exact) mass is 938 g/mol. The first-order valence-electron chi connectivity index (χ1n) is 23.1. The predicted molar refractivity (Wildman–Crippen MR) is 239 cm³/mol. The van der Waals surface area contributed by atoms with E-state index in [4.69, 9.17) is 5.73 Å². The van der Waals surface area contributed by atoms with Gasteiger partial charge in [-0.3, -0.25) is 43.2 Å². The molecule has 22 nitrogen and oxygen atoms in total. The first-order chi connectivity index (χ1) is 30.8. The van der Waals surface area contributed by atoms with Crippen molar-refractivity contribution >= 4 is 59.2 Å². The average molecular weight is 938 g/mol. The maximum Gasteiger partial charge on any atom is 0.326 e.